The standard InChI is InChI=1S/C16H16ClNO2S/c1-9-3-4-13(11(7-9)16(19)20-2)18-12-5-6-14-10(12)8-15(17)21-14/h3-4,7-8,12,18H,5-6H2,1-2H3. The molecule has 0 saturated heterocycles. The van der Waals surface area contributed by atoms with Crippen molar-refractivity contribution in [1.82, 2.24) is 0 Å². The topological polar surface area (TPSA) is 38.3 Å². The number of ether oxygens (including phenoxy) is 1. The van der Waals surface area contributed by atoms with Gasteiger partial charge in [0.25, 0.3) is 0 Å². The van der Waals surface area contributed by atoms with E-state index in [0.717, 1.165) is 28.4 Å². The third-order valence-electron chi connectivity index (χ3n) is 3.76. The Labute approximate surface area is 132 Å². The maximum atomic E-state index is 11.9. The van der Waals surface area contributed by atoms with Crippen LogP contribution >= 0.6 is 22.9 Å². The summed E-state index contributed by atoms with van der Waals surface area (Å²) in [5.74, 6) is -0.317. The number of hydrogen-bond donors (Lipinski definition) is 1. The number of thiophene rings is 1. The molecule has 1 heterocycles. The van der Waals surface area contributed by atoms with Crippen LogP contribution in [-0.4, -0.2) is 13.1 Å². The van der Waals surface area contributed by atoms with Gasteiger partial charge in [0.2, 0.25) is 0 Å². The summed E-state index contributed by atoms with van der Waals surface area (Å²) < 4.78 is 5.69. The Morgan fingerprint density at radius 3 is 3.00 bits per heavy atom. The van der Waals surface area contributed by atoms with Gasteiger partial charge >= 0.3 is 5.97 Å². The van der Waals surface area contributed by atoms with Gasteiger partial charge < -0.3 is 10.1 Å². The zero-order valence-corrected chi connectivity index (χ0v) is 13.5. The molecule has 1 atom stereocenters. The van der Waals surface area contributed by atoms with E-state index in [1.54, 1.807) is 11.3 Å². The van der Waals surface area contributed by atoms with Gasteiger partial charge in [-0.15, -0.1) is 11.3 Å². The van der Waals surface area contributed by atoms with Crippen molar-refractivity contribution in [1.29, 1.82) is 0 Å². The molecule has 3 nitrogen and oxygen atoms in total. The molecule has 1 N–H and O–H groups in total. The van der Waals surface area contributed by atoms with Gasteiger partial charge in [-0.1, -0.05) is 23.2 Å². The minimum Gasteiger partial charge on any atom is -0.465 e. The van der Waals surface area contributed by atoms with Crippen LogP contribution < -0.4 is 5.32 Å². The molecule has 2 aromatic rings. The van der Waals surface area contributed by atoms with E-state index in [1.165, 1.54) is 17.6 Å². The van der Waals surface area contributed by atoms with Gasteiger partial charge in [0.05, 0.1) is 23.1 Å². The lowest BCUT2D eigenvalue weighted by Gasteiger charge is -2.17. The molecule has 0 saturated carbocycles. The SMILES string of the molecule is COC(=O)c1cc(C)ccc1NC1CCc2sc(Cl)cc21. The van der Waals surface area contributed by atoms with E-state index in [9.17, 15) is 4.79 Å². The molecule has 21 heavy (non-hydrogen) atoms. The average Bonchev–Trinajstić information content (AvgIpc) is 3.00. The number of hydrogen-bond acceptors (Lipinski definition) is 4. The van der Waals surface area contributed by atoms with Gasteiger partial charge in [0.1, 0.15) is 0 Å². The van der Waals surface area contributed by atoms with Gasteiger partial charge in [-0.25, -0.2) is 4.79 Å². The van der Waals surface area contributed by atoms with E-state index in [-0.39, 0.29) is 12.0 Å². The summed E-state index contributed by atoms with van der Waals surface area (Å²) in [5, 5.41) is 3.47. The van der Waals surface area contributed by atoms with Crippen LogP contribution in [0.25, 0.3) is 0 Å². The lowest BCUT2D eigenvalue weighted by molar-refractivity contribution is 0.0601. The molecule has 0 spiro atoms. The molecule has 3 rings (SSSR count). The molecule has 5 heteroatoms. The molecule has 0 radical (unpaired) electrons. The van der Waals surface area contributed by atoms with Gasteiger partial charge in [-0.2, -0.15) is 0 Å². The number of benzene rings is 1. The maximum absolute atomic E-state index is 11.9. The number of esters is 1. The molecule has 0 amide bonds. The second-order valence-electron chi connectivity index (χ2n) is 5.21. The molecule has 1 unspecified atom stereocenters. The number of aryl methyl sites for hydroxylation is 2. The molecular formula is C16H16ClNO2S. The quantitative estimate of drug-likeness (QED) is 0.840. The van der Waals surface area contributed by atoms with Crippen LogP contribution in [0.3, 0.4) is 0 Å². The van der Waals surface area contributed by atoms with Crippen molar-refractivity contribution in [2.45, 2.75) is 25.8 Å². The molecule has 1 aromatic heterocycles. The van der Waals surface area contributed by atoms with Crippen LogP contribution in [0.5, 0.6) is 0 Å². The Hall–Kier alpha value is -1.52. The molecule has 0 fully saturated rings. The summed E-state index contributed by atoms with van der Waals surface area (Å²) in [6.45, 7) is 1.96. The number of halogens is 1. The average molecular weight is 322 g/mol. The highest BCUT2D eigenvalue weighted by molar-refractivity contribution is 7.16. The summed E-state index contributed by atoms with van der Waals surface area (Å²) in [4.78, 5) is 13.3. The first kappa shape index (κ1) is 14.4. The summed E-state index contributed by atoms with van der Waals surface area (Å²) in [6.07, 6.45) is 2.05. The molecular weight excluding hydrogens is 306 g/mol. The fraction of sp³-hybridized carbons (Fsp3) is 0.312. The van der Waals surface area contributed by atoms with Crippen LogP contribution in [0.1, 0.15) is 38.8 Å². The van der Waals surface area contributed by atoms with Crippen LogP contribution in [0.4, 0.5) is 5.69 Å². The number of anilines is 1. The van der Waals surface area contributed by atoms with E-state index in [4.69, 9.17) is 16.3 Å². The summed E-state index contributed by atoms with van der Waals surface area (Å²) in [6, 6.07) is 8.01. The van der Waals surface area contributed by atoms with Crippen molar-refractivity contribution < 1.29 is 9.53 Å². The Balaban J connectivity index is 1.90. The lowest BCUT2D eigenvalue weighted by Crippen LogP contribution is -2.12. The number of rotatable bonds is 3. The summed E-state index contributed by atoms with van der Waals surface area (Å²) >= 11 is 7.73. The van der Waals surface area contributed by atoms with E-state index in [1.807, 2.05) is 31.2 Å². The number of nitrogens with one attached hydrogen (secondary N) is 1. The third-order valence-corrected chi connectivity index (χ3v) is 5.10. The van der Waals surface area contributed by atoms with Crippen LogP contribution in [-0.2, 0) is 11.2 Å². The number of carbonyl (C=O) groups is 1. The predicted octanol–water partition coefficient (Wildman–Crippen LogP) is 4.60. The van der Waals surface area contributed by atoms with Crippen molar-refractivity contribution >= 4 is 34.6 Å². The van der Waals surface area contributed by atoms with Crippen LogP contribution in [0.15, 0.2) is 24.3 Å². The first-order chi connectivity index (χ1) is 10.1. The van der Waals surface area contributed by atoms with Gasteiger partial charge in [-0.05, 0) is 43.5 Å². The van der Waals surface area contributed by atoms with Gasteiger partial charge in [-0.3, -0.25) is 0 Å². The second-order valence-corrected chi connectivity index (χ2v) is 6.97. The Bertz CT molecular complexity index is 696. The largest absolute Gasteiger partial charge is 0.465 e. The molecule has 1 aliphatic carbocycles. The van der Waals surface area contributed by atoms with E-state index in [0.29, 0.717) is 5.56 Å². The van der Waals surface area contributed by atoms with Crippen LogP contribution in [0.2, 0.25) is 4.34 Å². The van der Waals surface area contributed by atoms with Crippen molar-refractivity contribution in [2.75, 3.05) is 12.4 Å². The predicted molar refractivity (Wildman–Crippen MR) is 86.5 cm³/mol. The normalized spacial score (nSPS) is 16.6. The molecule has 0 bridgehead atoms. The lowest BCUT2D eigenvalue weighted by atomic mass is 10.1. The number of fused-ring (bicyclic) bond motifs is 1. The highest BCUT2D eigenvalue weighted by Gasteiger charge is 2.26. The Kier molecular flexibility index (Phi) is 3.91. The zero-order valence-electron chi connectivity index (χ0n) is 11.9. The Morgan fingerprint density at radius 1 is 1.43 bits per heavy atom. The van der Waals surface area contributed by atoms with Crippen molar-refractivity contribution in [2.24, 2.45) is 0 Å². The molecule has 110 valence electrons. The van der Waals surface area contributed by atoms with E-state index < -0.39 is 0 Å². The highest BCUT2D eigenvalue weighted by atomic mass is 35.5. The maximum Gasteiger partial charge on any atom is 0.339 e. The highest BCUT2D eigenvalue weighted by Crippen LogP contribution is 2.41. The van der Waals surface area contributed by atoms with Crippen molar-refractivity contribution in [3.8, 4) is 0 Å². The van der Waals surface area contributed by atoms with Gasteiger partial charge in [0, 0.05) is 10.6 Å². The van der Waals surface area contributed by atoms with E-state index >= 15 is 0 Å². The smallest absolute Gasteiger partial charge is 0.339 e. The van der Waals surface area contributed by atoms with Gasteiger partial charge in [0.15, 0.2) is 0 Å². The fourth-order valence-electron chi connectivity index (χ4n) is 2.73. The van der Waals surface area contributed by atoms with Crippen molar-refractivity contribution in [3.05, 3.63) is 50.2 Å². The first-order valence-corrected chi connectivity index (χ1v) is 8.01. The number of carbonyl (C=O) groups excluding carboxylic acids is 1. The minimum atomic E-state index is -0.317. The number of methoxy groups -OCH3 is 1. The third kappa shape index (κ3) is 2.78. The first-order valence-electron chi connectivity index (χ1n) is 6.82. The summed E-state index contributed by atoms with van der Waals surface area (Å²) in [5.41, 5.74) is 3.67. The van der Waals surface area contributed by atoms with E-state index in [2.05, 4.69) is 5.32 Å². The zero-order chi connectivity index (χ0) is 15.0. The monoisotopic (exact) mass is 321 g/mol. The minimum absolute atomic E-state index is 0.204. The molecule has 1 aromatic carbocycles. The molecule has 1 aliphatic rings. The fourth-order valence-corrected chi connectivity index (χ4v) is 4.09. The Morgan fingerprint density at radius 2 is 2.24 bits per heavy atom. The second kappa shape index (κ2) is 5.70. The summed E-state index contributed by atoms with van der Waals surface area (Å²) in [7, 11) is 1.40. The van der Waals surface area contributed by atoms with Crippen LogP contribution in [0, 0.1) is 6.92 Å². The molecule has 0 aliphatic heterocycles. The van der Waals surface area contributed by atoms with Crippen molar-refractivity contribution in [3.63, 3.8) is 0 Å².